The van der Waals surface area contributed by atoms with Crippen molar-refractivity contribution in [1.82, 2.24) is 5.32 Å². The van der Waals surface area contributed by atoms with Crippen molar-refractivity contribution in [1.29, 1.82) is 0 Å². The third-order valence-corrected chi connectivity index (χ3v) is 3.45. The summed E-state index contributed by atoms with van der Waals surface area (Å²) in [5, 5.41) is 14.2. The van der Waals surface area contributed by atoms with Crippen LogP contribution in [0.2, 0.25) is 5.02 Å². The maximum absolute atomic E-state index is 10.4. The van der Waals surface area contributed by atoms with Crippen molar-refractivity contribution in [2.24, 2.45) is 5.92 Å². The Balaban J connectivity index is 2.76. The van der Waals surface area contributed by atoms with E-state index < -0.39 is 5.60 Å². The maximum atomic E-state index is 10.4. The molecule has 0 bridgehead atoms. The maximum Gasteiger partial charge on any atom is 0.0697 e. The van der Waals surface area contributed by atoms with E-state index in [9.17, 15) is 5.11 Å². The Morgan fingerprint density at radius 1 is 1.44 bits per heavy atom. The number of nitrogens with one attached hydrogen (secondary N) is 1. The van der Waals surface area contributed by atoms with Gasteiger partial charge in [0.05, 0.1) is 5.60 Å². The lowest BCUT2D eigenvalue weighted by atomic mass is 9.85. The average molecular weight is 242 g/mol. The van der Waals surface area contributed by atoms with Gasteiger partial charge in [0.1, 0.15) is 0 Å². The predicted octanol–water partition coefficient (Wildman–Crippen LogP) is 2.49. The van der Waals surface area contributed by atoms with E-state index in [0.717, 1.165) is 17.1 Å². The number of rotatable bonds is 5. The molecule has 0 aliphatic heterocycles. The van der Waals surface area contributed by atoms with Gasteiger partial charge in [-0.3, -0.25) is 0 Å². The van der Waals surface area contributed by atoms with E-state index in [-0.39, 0.29) is 5.92 Å². The van der Waals surface area contributed by atoms with Gasteiger partial charge >= 0.3 is 0 Å². The lowest BCUT2D eigenvalue weighted by Gasteiger charge is -2.30. The van der Waals surface area contributed by atoms with E-state index in [1.807, 2.05) is 45.2 Å². The van der Waals surface area contributed by atoms with Crippen LogP contribution in [-0.4, -0.2) is 24.3 Å². The molecule has 0 saturated carbocycles. The number of hydrogen-bond donors (Lipinski definition) is 2. The molecule has 16 heavy (non-hydrogen) atoms. The highest BCUT2D eigenvalue weighted by molar-refractivity contribution is 6.31. The zero-order valence-corrected chi connectivity index (χ0v) is 10.9. The minimum absolute atomic E-state index is 0.175. The second kappa shape index (κ2) is 5.67. The summed E-state index contributed by atoms with van der Waals surface area (Å²) in [5.74, 6) is 0.175. The topological polar surface area (TPSA) is 32.3 Å². The third kappa shape index (κ3) is 3.48. The summed E-state index contributed by atoms with van der Waals surface area (Å²) in [6.45, 7) is 4.68. The fourth-order valence-electron chi connectivity index (χ4n) is 1.73. The molecule has 0 amide bonds. The molecule has 0 heterocycles. The monoisotopic (exact) mass is 241 g/mol. The molecule has 0 aliphatic rings. The van der Waals surface area contributed by atoms with Crippen molar-refractivity contribution in [2.45, 2.75) is 25.9 Å². The zero-order valence-electron chi connectivity index (χ0n) is 10.1. The highest BCUT2D eigenvalue weighted by Crippen LogP contribution is 2.25. The highest BCUT2D eigenvalue weighted by atomic mass is 35.5. The van der Waals surface area contributed by atoms with Crippen LogP contribution in [0, 0.1) is 5.92 Å². The molecule has 0 aliphatic carbocycles. The second-order valence-electron chi connectivity index (χ2n) is 4.58. The molecule has 2 unspecified atom stereocenters. The third-order valence-electron chi connectivity index (χ3n) is 3.08. The molecule has 0 saturated heterocycles. The van der Waals surface area contributed by atoms with Gasteiger partial charge in [-0.1, -0.05) is 36.7 Å². The van der Waals surface area contributed by atoms with Crippen LogP contribution >= 0.6 is 11.6 Å². The van der Waals surface area contributed by atoms with Gasteiger partial charge in [0.2, 0.25) is 0 Å². The van der Waals surface area contributed by atoms with Gasteiger partial charge in [0.15, 0.2) is 0 Å². The Labute approximate surface area is 103 Å². The summed E-state index contributed by atoms with van der Waals surface area (Å²) >= 11 is 6.09. The SMILES string of the molecule is CNCC(C)C(C)(O)Cc1ccccc1Cl. The summed E-state index contributed by atoms with van der Waals surface area (Å²) in [7, 11) is 1.89. The van der Waals surface area contributed by atoms with Gasteiger partial charge in [0, 0.05) is 18.0 Å². The highest BCUT2D eigenvalue weighted by Gasteiger charge is 2.28. The fraction of sp³-hybridized carbons (Fsp3) is 0.538. The molecule has 2 nitrogen and oxygen atoms in total. The quantitative estimate of drug-likeness (QED) is 0.830. The predicted molar refractivity (Wildman–Crippen MR) is 68.9 cm³/mol. The molecule has 2 atom stereocenters. The van der Waals surface area contributed by atoms with Gasteiger partial charge in [-0.2, -0.15) is 0 Å². The summed E-state index contributed by atoms with van der Waals surface area (Å²) < 4.78 is 0. The first kappa shape index (κ1) is 13.5. The smallest absolute Gasteiger partial charge is 0.0697 e. The number of hydrogen-bond acceptors (Lipinski definition) is 2. The summed E-state index contributed by atoms with van der Waals surface area (Å²) in [6, 6.07) is 7.66. The standard InChI is InChI=1S/C13H20ClNO/c1-10(9-15-3)13(2,16)8-11-6-4-5-7-12(11)14/h4-7,10,15-16H,8-9H2,1-3H3. The van der Waals surface area contributed by atoms with Crippen LogP contribution in [0.15, 0.2) is 24.3 Å². The summed E-state index contributed by atoms with van der Waals surface area (Å²) in [6.07, 6.45) is 0.579. The number of aliphatic hydroxyl groups is 1. The number of halogens is 1. The van der Waals surface area contributed by atoms with Gasteiger partial charge in [0.25, 0.3) is 0 Å². The van der Waals surface area contributed by atoms with Crippen LogP contribution in [-0.2, 0) is 6.42 Å². The molecule has 0 fully saturated rings. The van der Waals surface area contributed by atoms with Gasteiger partial charge < -0.3 is 10.4 Å². The normalized spacial score (nSPS) is 16.8. The van der Waals surface area contributed by atoms with Crippen molar-refractivity contribution in [3.8, 4) is 0 Å². The van der Waals surface area contributed by atoms with Crippen LogP contribution in [0.1, 0.15) is 19.4 Å². The van der Waals surface area contributed by atoms with Crippen molar-refractivity contribution < 1.29 is 5.11 Å². The molecular formula is C13H20ClNO. The van der Waals surface area contributed by atoms with E-state index in [1.165, 1.54) is 0 Å². The molecule has 90 valence electrons. The first-order valence-corrected chi connectivity index (χ1v) is 5.95. The van der Waals surface area contributed by atoms with Gasteiger partial charge in [-0.15, -0.1) is 0 Å². The van der Waals surface area contributed by atoms with Crippen LogP contribution in [0.5, 0.6) is 0 Å². The lowest BCUT2D eigenvalue weighted by Crippen LogP contribution is -2.40. The fourth-order valence-corrected chi connectivity index (χ4v) is 1.93. The Hall–Kier alpha value is -0.570. The van der Waals surface area contributed by atoms with E-state index in [1.54, 1.807) is 0 Å². The molecule has 0 spiro atoms. The van der Waals surface area contributed by atoms with Crippen molar-refractivity contribution >= 4 is 11.6 Å². The first-order chi connectivity index (χ1) is 7.47. The van der Waals surface area contributed by atoms with Crippen LogP contribution in [0.3, 0.4) is 0 Å². The molecule has 2 N–H and O–H groups in total. The number of benzene rings is 1. The van der Waals surface area contributed by atoms with Gasteiger partial charge in [-0.25, -0.2) is 0 Å². The molecule has 1 rings (SSSR count). The average Bonchev–Trinajstić information content (AvgIpc) is 2.21. The molecular weight excluding hydrogens is 222 g/mol. The Morgan fingerprint density at radius 3 is 2.62 bits per heavy atom. The van der Waals surface area contributed by atoms with Crippen LogP contribution in [0.25, 0.3) is 0 Å². The van der Waals surface area contributed by atoms with E-state index >= 15 is 0 Å². The lowest BCUT2D eigenvalue weighted by molar-refractivity contribution is 0.00764. The van der Waals surface area contributed by atoms with E-state index in [2.05, 4.69) is 5.32 Å². The summed E-state index contributed by atoms with van der Waals surface area (Å²) in [5.41, 5.74) is 0.255. The minimum Gasteiger partial charge on any atom is -0.390 e. The summed E-state index contributed by atoms with van der Waals surface area (Å²) in [4.78, 5) is 0. The van der Waals surface area contributed by atoms with Gasteiger partial charge in [-0.05, 0) is 31.5 Å². The minimum atomic E-state index is -0.742. The van der Waals surface area contributed by atoms with Crippen molar-refractivity contribution in [3.63, 3.8) is 0 Å². The van der Waals surface area contributed by atoms with Crippen LogP contribution in [0.4, 0.5) is 0 Å². The van der Waals surface area contributed by atoms with E-state index in [0.29, 0.717) is 6.42 Å². The Bertz CT molecular complexity index is 338. The largest absolute Gasteiger partial charge is 0.390 e. The van der Waals surface area contributed by atoms with E-state index in [4.69, 9.17) is 11.6 Å². The molecule has 1 aromatic carbocycles. The molecule has 0 aromatic heterocycles. The van der Waals surface area contributed by atoms with Crippen molar-refractivity contribution in [3.05, 3.63) is 34.9 Å². The molecule has 0 radical (unpaired) electrons. The zero-order chi connectivity index (χ0) is 12.2. The van der Waals surface area contributed by atoms with Crippen LogP contribution < -0.4 is 5.32 Å². The molecule has 3 heteroatoms. The van der Waals surface area contributed by atoms with Crippen molar-refractivity contribution in [2.75, 3.05) is 13.6 Å². The molecule has 1 aromatic rings. The second-order valence-corrected chi connectivity index (χ2v) is 4.99. The Morgan fingerprint density at radius 2 is 2.06 bits per heavy atom. The Kier molecular flexibility index (Phi) is 4.78. The first-order valence-electron chi connectivity index (χ1n) is 5.57.